The molecular weight excluding hydrogens is 396 g/mol. The number of hydrogen-bond acceptors (Lipinski definition) is 5. The second kappa shape index (κ2) is 11.1. The molecule has 8 heteroatoms. The number of carbonyl (C=O) groups excluding carboxylic acids is 3. The van der Waals surface area contributed by atoms with Crippen LogP contribution in [0.5, 0.6) is 0 Å². The van der Waals surface area contributed by atoms with Gasteiger partial charge in [-0.15, -0.1) is 0 Å². The van der Waals surface area contributed by atoms with Crippen molar-refractivity contribution in [3.63, 3.8) is 0 Å². The summed E-state index contributed by atoms with van der Waals surface area (Å²) in [6.45, 7) is 3.44. The molecule has 0 saturated heterocycles. The van der Waals surface area contributed by atoms with Crippen LogP contribution in [0.15, 0.2) is 35.1 Å². The van der Waals surface area contributed by atoms with Crippen LogP contribution in [0.3, 0.4) is 0 Å². The molecule has 31 heavy (non-hydrogen) atoms. The van der Waals surface area contributed by atoms with E-state index in [1.54, 1.807) is 7.05 Å². The second-order valence-corrected chi connectivity index (χ2v) is 8.53. The van der Waals surface area contributed by atoms with E-state index in [-0.39, 0.29) is 36.9 Å². The highest BCUT2D eigenvalue weighted by Crippen LogP contribution is 2.33. The van der Waals surface area contributed by atoms with Gasteiger partial charge in [0.15, 0.2) is 0 Å². The first-order valence-electron chi connectivity index (χ1n) is 11.2. The first-order valence-corrected chi connectivity index (χ1v) is 11.2. The Labute approximate surface area is 184 Å². The lowest BCUT2D eigenvalue weighted by Gasteiger charge is -2.24. The van der Waals surface area contributed by atoms with Crippen LogP contribution in [0, 0.1) is 5.92 Å². The van der Waals surface area contributed by atoms with Crippen molar-refractivity contribution in [1.29, 1.82) is 0 Å². The minimum Gasteiger partial charge on any atom is -0.492 e. The monoisotopic (exact) mass is 430 g/mol. The average molecular weight is 431 g/mol. The molecule has 1 unspecified atom stereocenters. The van der Waals surface area contributed by atoms with Gasteiger partial charge in [-0.25, -0.2) is 0 Å². The molecule has 0 bridgehead atoms. The number of amides is 3. The number of nitrogens with zero attached hydrogens (tertiary/aromatic N) is 1. The van der Waals surface area contributed by atoms with E-state index in [1.807, 2.05) is 0 Å². The standard InChI is InChI=1S/C23H34N4O4/c1-16-5-3-6-17-7-4-10-24-20(28)14-26-21(29)15-27(2)23(30)22(18-8-9-18)25-11-12-31-19(17)13-16/h3,6,13,18,22,25H,4-5,7-12,14-15H2,1-2H3,(H,24,28)(H,26,29). The zero-order valence-corrected chi connectivity index (χ0v) is 18.5. The highest BCUT2D eigenvalue weighted by Gasteiger charge is 2.37. The molecule has 170 valence electrons. The number of nitrogens with one attached hydrogen (secondary N) is 3. The van der Waals surface area contributed by atoms with Gasteiger partial charge in [0, 0.05) is 20.1 Å². The maximum Gasteiger partial charge on any atom is 0.240 e. The Hall–Kier alpha value is -2.61. The van der Waals surface area contributed by atoms with E-state index < -0.39 is 0 Å². The molecule has 0 radical (unpaired) electrons. The third-order valence-corrected chi connectivity index (χ3v) is 5.68. The molecule has 0 aromatic heterocycles. The van der Waals surface area contributed by atoms with Crippen molar-refractivity contribution in [1.82, 2.24) is 20.9 Å². The van der Waals surface area contributed by atoms with Crippen molar-refractivity contribution in [3.05, 3.63) is 35.1 Å². The first kappa shape index (κ1) is 23.1. The summed E-state index contributed by atoms with van der Waals surface area (Å²) in [7, 11) is 1.62. The molecule has 1 fully saturated rings. The van der Waals surface area contributed by atoms with E-state index in [0.717, 1.165) is 43.4 Å². The lowest BCUT2D eigenvalue weighted by atomic mass is 10.1. The second-order valence-electron chi connectivity index (χ2n) is 8.53. The Balaban J connectivity index is 1.71. The SMILES string of the molecule is CC1=CC2=C(C=CC1)CCCNC(=O)CNC(=O)CN(C)C(=O)C(C1CC1)NCCO2. The maximum atomic E-state index is 12.9. The number of rotatable bonds is 1. The van der Waals surface area contributed by atoms with Gasteiger partial charge < -0.3 is 25.6 Å². The molecule has 1 aliphatic heterocycles. The van der Waals surface area contributed by atoms with Crippen LogP contribution in [0.25, 0.3) is 0 Å². The molecule has 3 N–H and O–H groups in total. The molecule has 2 aliphatic carbocycles. The van der Waals surface area contributed by atoms with Crippen LogP contribution in [-0.2, 0) is 19.1 Å². The zero-order valence-electron chi connectivity index (χ0n) is 18.5. The van der Waals surface area contributed by atoms with Gasteiger partial charge in [0.2, 0.25) is 17.7 Å². The fourth-order valence-electron chi connectivity index (χ4n) is 3.78. The van der Waals surface area contributed by atoms with Crippen molar-refractivity contribution in [2.45, 2.75) is 45.1 Å². The van der Waals surface area contributed by atoms with Crippen LogP contribution >= 0.6 is 0 Å². The molecule has 1 atom stereocenters. The van der Waals surface area contributed by atoms with E-state index in [1.165, 1.54) is 10.5 Å². The van der Waals surface area contributed by atoms with Gasteiger partial charge in [-0.1, -0.05) is 17.7 Å². The summed E-state index contributed by atoms with van der Waals surface area (Å²) in [6, 6.07) is -0.316. The highest BCUT2D eigenvalue weighted by molar-refractivity contribution is 5.89. The molecule has 8 nitrogen and oxygen atoms in total. The predicted molar refractivity (Wildman–Crippen MR) is 118 cm³/mol. The Morgan fingerprint density at radius 2 is 1.90 bits per heavy atom. The van der Waals surface area contributed by atoms with Gasteiger partial charge in [0.05, 0.1) is 19.1 Å². The van der Waals surface area contributed by atoms with Crippen LogP contribution < -0.4 is 16.0 Å². The van der Waals surface area contributed by atoms with E-state index in [0.29, 0.717) is 25.6 Å². The number of ether oxygens (including phenoxy) is 1. The maximum absolute atomic E-state index is 12.9. The largest absolute Gasteiger partial charge is 0.492 e. The van der Waals surface area contributed by atoms with Crippen molar-refractivity contribution in [2.75, 3.05) is 39.8 Å². The first-order chi connectivity index (χ1) is 14.9. The summed E-state index contributed by atoms with van der Waals surface area (Å²) in [4.78, 5) is 38.5. The van der Waals surface area contributed by atoms with Crippen LogP contribution in [0.1, 0.15) is 39.0 Å². The minimum absolute atomic E-state index is 0.0693. The number of likely N-dealkylation sites (N-methyl/N-ethyl adjacent to an activating group) is 1. The minimum atomic E-state index is -0.342. The Morgan fingerprint density at radius 3 is 2.68 bits per heavy atom. The summed E-state index contributed by atoms with van der Waals surface area (Å²) >= 11 is 0. The van der Waals surface area contributed by atoms with Crippen molar-refractivity contribution in [2.24, 2.45) is 5.92 Å². The Kier molecular flexibility index (Phi) is 8.28. The van der Waals surface area contributed by atoms with Gasteiger partial charge in [-0.3, -0.25) is 14.4 Å². The summed E-state index contributed by atoms with van der Waals surface area (Å²) < 4.78 is 6.10. The fraction of sp³-hybridized carbons (Fsp3) is 0.609. The third-order valence-electron chi connectivity index (χ3n) is 5.68. The smallest absolute Gasteiger partial charge is 0.240 e. The van der Waals surface area contributed by atoms with E-state index in [2.05, 4.69) is 41.1 Å². The molecule has 1 saturated carbocycles. The van der Waals surface area contributed by atoms with Crippen molar-refractivity contribution >= 4 is 17.7 Å². The van der Waals surface area contributed by atoms with E-state index >= 15 is 0 Å². The molecule has 1 heterocycles. The van der Waals surface area contributed by atoms with Gasteiger partial charge in [0.25, 0.3) is 0 Å². The van der Waals surface area contributed by atoms with Gasteiger partial charge in [0.1, 0.15) is 12.4 Å². The number of allylic oxidation sites excluding steroid dienone is 5. The van der Waals surface area contributed by atoms with E-state index in [4.69, 9.17) is 4.74 Å². The Bertz CT molecular complexity index is 782. The van der Waals surface area contributed by atoms with Gasteiger partial charge in [-0.05, 0) is 56.6 Å². The highest BCUT2D eigenvalue weighted by atomic mass is 16.5. The topological polar surface area (TPSA) is 99.8 Å². The van der Waals surface area contributed by atoms with Crippen LogP contribution in [0.2, 0.25) is 0 Å². The quantitative estimate of drug-likeness (QED) is 0.577. The predicted octanol–water partition coefficient (Wildman–Crippen LogP) is 1.02. The molecule has 0 aromatic rings. The lowest BCUT2D eigenvalue weighted by molar-refractivity contribution is -0.137. The third kappa shape index (κ3) is 7.24. The summed E-state index contributed by atoms with van der Waals surface area (Å²) in [5.41, 5.74) is 2.34. The number of hydrogen-bond donors (Lipinski definition) is 3. The number of carbonyl (C=O) groups is 3. The molecule has 0 aromatic carbocycles. The zero-order chi connectivity index (χ0) is 22.2. The molecule has 3 amide bonds. The van der Waals surface area contributed by atoms with Crippen LogP contribution in [0.4, 0.5) is 0 Å². The molecular formula is C23H34N4O4. The van der Waals surface area contributed by atoms with Crippen molar-refractivity contribution < 1.29 is 19.1 Å². The molecule has 3 aliphatic rings. The summed E-state index contributed by atoms with van der Waals surface area (Å²) in [5, 5.41) is 8.76. The lowest BCUT2D eigenvalue weighted by Crippen LogP contribution is -2.50. The summed E-state index contributed by atoms with van der Waals surface area (Å²) in [6.07, 6.45) is 10.8. The fourth-order valence-corrected chi connectivity index (χ4v) is 3.78. The van der Waals surface area contributed by atoms with Gasteiger partial charge in [-0.2, -0.15) is 0 Å². The van der Waals surface area contributed by atoms with Crippen molar-refractivity contribution in [3.8, 4) is 0 Å². The van der Waals surface area contributed by atoms with Gasteiger partial charge >= 0.3 is 0 Å². The molecule has 0 spiro atoms. The summed E-state index contributed by atoms with van der Waals surface area (Å²) in [5.74, 6) is 0.478. The van der Waals surface area contributed by atoms with Crippen LogP contribution in [-0.4, -0.2) is 68.5 Å². The average Bonchev–Trinajstić information content (AvgIpc) is 3.57. The molecule has 3 rings (SSSR count). The van der Waals surface area contributed by atoms with E-state index in [9.17, 15) is 14.4 Å². The normalized spacial score (nSPS) is 25.4. The Morgan fingerprint density at radius 1 is 1.10 bits per heavy atom.